The summed E-state index contributed by atoms with van der Waals surface area (Å²) in [6.07, 6.45) is 1.58. The Morgan fingerprint density at radius 3 is 0.648 bits per heavy atom. The van der Waals surface area contributed by atoms with Gasteiger partial charge in [0.2, 0.25) is 0 Å². The van der Waals surface area contributed by atoms with Crippen molar-refractivity contribution in [1.29, 1.82) is 0 Å². The van der Waals surface area contributed by atoms with Gasteiger partial charge in [-0.2, -0.15) is 0 Å². The van der Waals surface area contributed by atoms with E-state index in [1.165, 1.54) is 13.8 Å². The van der Waals surface area contributed by atoms with Crippen molar-refractivity contribution in [2.45, 2.75) is 80.1 Å². The molecule has 0 aliphatic heterocycles. The Balaban J connectivity index is 1.76. The van der Waals surface area contributed by atoms with Crippen LogP contribution in [0.5, 0.6) is 0 Å². The number of carbonyl (C=O) groups is 14. The highest BCUT2D eigenvalue weighted by atomic mass is 16.6. The van der Waals surface area contributed by atoms with Gasteiger partial charge in [-0.05, 0) is 86.8 Å². The molecule has 0 spiro atoms. The molecule has 0 aromatic heterocycles. The number of benzene rings is 3. The topological polar surface area (TPSA) is 434 Å². The van der Waals surface area contributed by atoms with E-state index < -0.39 is 214 Å². The Morgan fingerprint density at radius 1 is 0.307 bits per heavy atom. The molecule has 4 atom stereocenters. The molecule has 0 aliphatic rings. The normalized spacial score (nSPS) is 12.1. The van der Waals surface area contributed by atoms with Gasteiger partial charge < -0.3 is 68.5 Å². The monoisotopic (exact) mass is 1230 g/mol. The summed E-state index contributed by atoms with van der Waals surface area (Å²) >= 11 is 0. The molecule has 4 unspecified atom stereocenters. The lowest BCUT2D eigenvalue weighted by atomic mass is 9.91. The molecule has 3 aromatic rings. The van der Waals surface area contributed by atoms with Gasteiger partial charge >= 0.3 is 83.6 Å². The van der Waals surface area contributed by atoms with E-state index in [-0.39, 0.29) is 37.2 Å². The van der Waals surface area contributed by atoms with Gasteiger partial charge in [-0.3, -0.25) is 0 Å². The minimum Gasteiger partial charge on any atom is -0.478 e. The fourth-order valence-electron chi connectivity index (χ4n) is 8.25. The van der Waals surface area contributed by atoms with E-state index in [0.717, 1.165) is 0 Å². The van der Waals surface area contributed by atoms with Gasteiger partial charge in [0.05, 0.1) is 93.2 Å². The van der Waals surface area contributed by atoms with E-state index in [1.807, 2.05) is 0 Å². The van der Waals surface area contributed by atoms with Crippen LogP contribution in [0.1, 0.15) is 204 Å². The SMILES string of the molecule is C=C(C)C(=O)OCCOC(=O)c1cc(C(=O)OCC(CC)CC(CC)COC(=O)c2cc(C(=O)OCC(CC)CC(CC)COC(=O)c3cc(C(=O)OCCOC(=O)C(=C)C)c(C(=O)O)cc3C(=O)O)c(C(=O)O)cc2C(=O)O)c(C(=O)O)cc1C(=O)O. The van der Waals surface area contributed by atoms with Crippen LogP contribution in [0.3, 0.4) is 0 Å². The van der Waals surface area contributed by atoms with Crippen LogP contribution in [-0.2, 0) is 47.5 Å². The highest BCUT2D eigenvalue weighted by Crippen LogP contribution is 2.28. The van der Waals surface area contributed by atoms with Crippen LogP contribution in [-0.4, -0.2) is 167 Å². The van der Waals surface area contributed by atoms with Gasteiger partial charge in [-0.25, -0.2) is 67.1 Å². The first-order valence-corrected chi connectivity index (χ1v) is 27.0. The van der Waals surface area contributed by atoms with Crippen LogP contribution < -0.4 is 0 Å². The van der Waals surface area contributed by atoms with E-state index >= 15 is 0 Å². The zero-order valence-electron chi connectivity index (χ0n) is 48.8. The number of hydrogen-bond donors (Lipinski definition) is 6. The van der Waals surface area contributed by atoms with Gasteiger partial charge in [0.15, 0.2) is 0 Å². The maximum absolute atomic E-state index is 13.7. The summed E-state index contributed by atoms with van der Waals surface area (Å²) in [5, 5.41) is 59.4. The third kappa shape index (κ3) is 20.5. The molecule has 3 aromatic carbocycles. The number of carboxylic acid groups (broad SMARTS) is 6. The molecule has 0 saturated carbocycles. The predicted octanol–water partition coefficient (Wildman–Crippen LogP) is 7.34. The maximum atomic E-state index is 13.7. The molecule has 0 fully saturated rings. The fraction of sp³-hybridized carbons (Fsp3) is 0.400. The molecular formula is C60H66O28. The molecule has 0 bridgehead atoms. The van der Waals surface area contributed by atoms with E-state index in [0.29, 0.717) is 62.1 Å². The number of esters is 8. The summed E-state index contributed by atoms with van der Waals surface area (Å²) in [6.45, 7) is 12.8. The molecule has 0 amide bonds. The Morgan fingerprint density at radius 2 is 0.477 bits per heavy atom. The standard InChI is InChI=1S/C60H66O28/c1-9-31(25-85-57(77)43-22-41(35(47(61)62)19-37(43)49(65)66)55(75)83-15-13-81-53(73)29(5)6)17-33(11-3)27-87-59(79)45-24-46(40(52(71)72)21-39(45)51(69)70)60(80)88-28-34(12-4)18-32(10-2)26-86-58(78)44-23-42(36(48(63)64)20-38(44)50(67)68)56(76)84-16-14-82-54(74)30(7)8/h19-24,31-34H,5,7,9-18,25-28H2,1-4,6,8H3,(H,61,62)(H,63,64)(H,65,66)(H,67,68)(H,69,70)(H,71,72). The zero-order chi connectivity index (χ0) is 66.3. The van der Waals surface area contributed by atoms with Crippen LogP contribution in [0.15, 0.2) is 60.7 Å². The highest BCUT2D eigenvalue weighted by Gasteiger charge is 2.32. The lowest BCUT2D eigenvalue weighted by Gasteiger charge is -2.22. The van der Waals surface area contributed by atoms with Crippen LogP contribution in [0.25, 0.3) is 0 Å². The largest absolute Gasteiger partial charge is 0.478 e. The number of aromatic carboxylic acids is 6. The van der Waals surface area contributed by atoms with Crippen molar-refractivity contribution >= 4 is 83.6 Å². The minimum atomic E-state index is -1.77. The summed E-state index contributed by atoms with van der Waals surface area (Å²) < 4.78 is 41.6. The molecule has 0 aliphatic carbocycles. The Hall–Kier alpha value is -10.3. The van der Waals surface area contributed by atoms with Crippen LogP contribution in [0.4, 0.5) is 0 Å². The van der Waals surface area contributed by atoms with Crippen molar-refractivity contribution in [3.63, 3.8) is 0 Å². The van der Waals surface area contributed by atoms with Gasteiger partial charge in [0.25, 0.3) is 0 Å². The molecule has 0 heterocycles. The number of carboxylic acids is 6. The van der Waals surface area contributed by atoms with Crippen molar-refractivity contribution in [1.82, 2.24) is 0 Å². The molecule has 3 rings (SSSR count). The Bertz CT molecular complexity index is 3050. The average molecular weight is 1240 g/mol. The molecule has 0 saturated heterocycles. The van der Waals surface area contributed by atoms with Gasteiger partial charge in [-0.15, -0.1) is 0 Å². The highest BCUT2D eigenvalue weighted by molar-refractivity contribution is 6.12. The molecule has 28 heteroatoms. The number of rotatable bonds is 36. The molecule has 6 N–H and O–H groups in total. The van der Waals surface area contributed by atoms with Crippen LogP contribution in [0.2, 0.25) is 0 Å². The quantitative estimate of drug-likeness (QED) is 0.0143. The first-order valence-electron chi connectivity index (χ1n) is 27.0. The first kappa shape index (κ1) is 72.0. The van der Waals surface area contributed by atoms with Crippen LogP contribution in [0, 0.1) is 23.7 Å². The van der Waals surface area contributed by atoms with Crippen molar-refractivity contribution in [3.8, 4) is 0 Å². The average Bonchev–Trinajstić information content (AvgIpc) is 2.83. The Labute approximate surface area is 501 Å². The molecule has 88 heavy (non-hydrogen) atoms. The third-order valence-electron chi connectivity index (χ3n) is 13.4. The lowest BCUT2D eigenvalue weighted by molar-refractivity contribution is -0.140. The van der Waals surface area contributed by atoms with Crippen LogP contribution >= 0.6 is 0 Å². The molecule has 28 nitrogen and oxygen atoms in total. The first-order chi connectivity index (χ1) is 41.4. The van der Waals surface area contributed by atoms with Gasteiger partial charge in [0, 0.05) is 11.1 Å². The van der Waals surface area contributed by atoms with Crippen molar-refractivity contribution < 1.29 is 136 Å². The number of hydrogen-bond acceptors (Lipinski definition) is 22. The number of ether oxygens (including phenoxy) is 8. The predicted molar refractivity (Wildman–Crippen MR) is 299 cm³/mol. The summed E-state index contributed by atoms with van der Waals surface area (Å²) in [4.78, 5) is 177. The Kier molecular flexibility index (Phi) is 27.8. The molecule has 474 valence electrons. The van der Waals surface area contributed by atoms with Gasteiger partial charge in [0.1, 0.15) is 26.4 Å². The summed E-state index contributed by atoms with van der Waals surface area (Å²) in [6, 6.07) is 3.80. The van der Waals surface area contributed by atoms with Gasteiger partial charge in [-0.1, -0.05) is 66.5 Å². The van der Waals surface area contributed by atoms with Crippen molar-refractivity contribution in [2.24, 2.45) is 23.7 Å². The minimum absolute atomic E-state index is 0.0477. The lowest BCUT2D eigenvalue weighted by Crippen LogP contribution is -2.24. The summed E-state index contributed by atoms with van der Waals surface area (Å²) in [5.41, 5.74) is -9.24. The second-order valence-electron chi connectivity index (χ2n) is 19.7. The smallest absolute Gasteiger partial charge is 0.339 e. The molecule has 0 radical (unpaired) electrons. The third-order valence-corrected chi connectivity index (χ3v) is 13.4. The second kappa shape index (κ2) is 34.0. The van der Waals surface area contributed by atoms with Crippen molar-refractivity contribution in [3.05, 3.63) is 127 Å². The fourth-order valence-corrected chi connectivity index (χ4v) is 8.25. The second-order valence-corrected chi connectivity index (χ2v) is 19.7. The van der Waals surface area contributed by atoms with E-state index in [9.17, 15) is 97.8 Å². The summed E-state index contributed by atoms with van der Waals surface area (Å²) in [5.74, 6) is -21.9. The van der Waals surface area contributed by atoms with Crippen molar-refractivity contribution in [2.75, 3.05) is 52.9 Å². The summed E-state index contributed by atoms with van der Waals surface area (Å²) in [7, 11) is 0. The van der Waals surface area contributed by atoms with E-state index in [2.05, 4.69) is 13.2 Å². The molecular weight excluding hydrogens is 1170 g/mol. The zero-order valence-corrected chi connectivity index (χ0v) is 48.8. The maximum Gasteiger partial charge on any atom is 0.339 e. The van der Waals surface area contributed by atoms with E-state index in [1.54, 1.807) is 27.7 Å². The number of carbonyl (C=O) groups excluding carboxylic acids is 8. The van der Waals surface area contributed by atoms with E-state index in [4.69, 9.17) is 37.9 Å².